The molecule has 0 aromatic carbocycles. The Kier molecular flexibility index (Phi) is 3.82. The van der Waals surface area contributed by atoms with E-state index in [9.17, 15) is 4.79 Å². The van der Waals surface area contributed by atoms with Gasteiger partial charge in [0.25, 0.3) is 0 Å². The van der Waals surface area contributed by atoms with E-state index in [1.54, 1.807) is 24.6 Å². The van der Waals surface area contributed by atoms with Crippen molar-refractivity contribution in [3.63, 3.8) is 0 Å². The topological polar surface area (TPSA) is 52.1 Å². The summed E-state index contributed by atoms with van der Waals surface area (Å²) in [6.07, 6.45) is 3.86. The van der Waals surface area contributed by atoms with Gasteiger partial charge in [0.2, 0.25) is 5.88 Å². The van der Waals surface area contributed by atoms with E-state index in [-0.39, 0.29) is 0 Å². The number of methoxy groups -OCH3 is 1. The second-order valence-electron chi connectivity index (χ2n) is 3.44. The summed E-state index contributed by atoms with van der Waals surface area (Å²) in [7, 11) is 1.59. The lowest BCUT2D eigenvalue weighted by atomic mass is 10.2. The van der Waals surface area contributed by atoms with Gasteiger partial charge in [-0.3, -0.25) is 0 Å². The monoisotopic (exact) mass is 248 g/mol. The molecule has 0 spiro atoms. The predicted octanol–water partition coefficient (Wildman–Crippen LogP) is 2.35. The summed E-state index contributed by atoms with van der Waals surface area (Å²) in [5.41, 5.74) is 1.92. The van der Waals surface area contributed by atoms with Crippen LogP contribution in [0.5, 0.6) is 5.88 Å². The lowest BCUT2D eigenvalue weighted by Crippen LogP contribution is -1.88. The average Bonchev–Trinajstić information content (AvgIpc) is 2.85. The number of rotatable bonds is 5. The summed E-state index contributed by atoms with van der Waals surface area (Å²) in [5, 5.41) is 2.89. The second kappa shape index (κ2) is 5.54. The maximum absolute atomic E-state index is 10.3. The molecule has 17 heavy (non-hydrogen) atoms. The van der Waals surface area contributed by atoms with Crippen LogP contribution in [0, 0.1) is 0 Å². The summed E-state index contributed by atoms with van der Waals surface area (Å²) < 4.78 is 5.00. The molecule has 0 fully saturated rings. The largest absolute Gasteiger partial charge is 0.481 e. The van der Waals surface area contributed by atoms with Crippen molar-refractivity contribution < 1.29 is 9.53 Å². The van der Waals surface area contributed by atoms with Crippen LogP contribution in [0.15, 0.2) is 23.7 Å². The van der Waals surface area contributed by atoms with Gasteiger partial charge >= 0.3 is 0 Å². The van der Waals surface area contributed by atoms with Gasteiger partial charge in [0.05, 0.1) is 12.8 Å². The first-order valence-corrected chi connectivity index (χ1v) is 6.10. The van der Waals surface area contributed by atoms with Crippen molar-refractivity contribution in [2.24, 2.45) is 0 Å². The molecule has 0 aliphatic heterocycles. The van der Waals surface area contributed by atoms with Gasteiger partial charge in [-0.15, -0.1) is 11.3 Å². The molecule has 0 saturated heterocycles. The van der Waals surface area contributed by atoms with Crippen LogP contribution < -0.4 is 4.74 Å². The molecular weight excluding hydrogens is 236 g/mol. The fraction of sp³-hybridized carbons (Fsp3) is 0.250. The third-order valence-electron chi connectivity index (χ3n) is 2.26. The molecule has 0 N–H and O–H groups in total. The third-order valence-corrected chi connectivity index (χ3v) is 3.20. The van der Waals surface area contributed by atoms with E-state index < -0.39 is 0 Å². The Morgan fingerprint density at radius 2 is 2.35 bits per heavy atom. The fourth-order valence-corrected chi connectivity index (χ4v) is 2.23. The summed E-state index contributed by atoms with van der Waals surface area (Å²) in [6.45, 7) is 0. The van der Waals surface area contributed by atoms with Crippen LogP contribution in [0.1, 0.15) is 12.1 Å². The SMILES string of the molecule is COc1ccc(-c2nc(CCC=O)cs2)cn1. The zero-order valence-corrected chi connectivity index (χ0v) is 10.2. The average molecular weight is 248 g/mol. The molecule has 0 unspecified atom stereocenters. The van der Waals surface area contributed by atoms with Gasteiger partial charge < -0.3 is 9.53 Å². The summed E-state index contributed by atoms with van der Waals surface area (Å²) in [6, 6.07) is 3.73. The minimum Gasteiger partial charge on any atom is -0.481 e. The van der Waals surface area contributed by atoms with E-state index in [1.807, 2.05) is 17.5 Å². The van der Waals surface area contributed by atoms with Gasteiger partial charge in [0, 0.05) is 29.6 Å². The lowest BCUT2D eigenvalue weighted by molar-refractivity contribution is -0.107. The van der Waals surface area contributed by atoms with Gasteiger partial charge in [0.1, 0.15) is 11.3 Å². The summed E-state index contributed by atoms with van der Waals surface area (Å²) in [5.74, 6) is 0.589. The number of ether oxygens (including phenoxy) is 1. The Morgan fingerprint density at radius 3 is 3.00 bits per heavy atom. The van der Waals surface area contributed by atoms with Crippen LogP contribution >= 0.6 is 11.3 Å². The Morgan fingerprint density at radius 1 is 1.47 bits per heavy atom. The quantitative estimate of drug-likeness (QED) is 0.762. The first-order valence-electron chi connectivity index (χ1n) is 5.22. The first-order chi connectivity index (χ1) is 8.33. The zero-order valence-electron chi connectivity index (χ0n) is 9.42. The number of carbonyl (C=O) groups is 1. The highest BCUT2D eigenvalue weighted by molar-refractivity contribution is 7.13. The number of aldehydes is 1. The van der Waals surface area contributed by atoms with Gasteiger partial charge in [0.15, 0.2) is 0 Å². The van der Waals surface area contributed by atoms with Gasteiger partial charge in [-0.25, -0.2) is 9.97 Å². The zero-order chi connectivity index (χ0) is 12.1. The Balaban J connectivity index is 2.15. The second-order valence-corrected chi connectivity index (χ2v) is 4.30. The molecule has 0 atom stereocenters. The fourth-order valence-electron chi connectivity index (χ4n) is 1.39. The van der Waals surface area contributed by atoms with Crippen LogP contribution in [0.2, 0.25) is 0 Å². The number of thiazole rings is 1. The lowest BCUT2D eigenvalue weighted by Gasteiger charge is -1.98. The number of hydrogen-bond donors (Lipinski definition) is 0. The molecule has 0 radical (unpaired) electrons. The van der Waals surface area contributed by atoms with Crippen LogP contribution in [-0.4, -0.2) is 23.4 Å². The highest BCUT2D eigenvalue weighted by atomic mass is 32.1. The Labute approximate surface area is 103 Å². The predicted molar refractivity (Wildman–Crippen MR) is 66.3 cm³/mol. The number of hydrogen-bond acceptors (Lipinski definition) is 5. The van der Waals surface area contributed by atoms with Gasteiger partial charge in [-0.05, 0) is 12.5 Å². The van der Waals surface area contributed by atoms with E-state index in [0.29, 0.717) is 18.7 Å². The molecular formula is C12H12N2O2S. The number of aryl methyl sites for hydroxylation is 1. The van der Waals surface area contributed by atoms with E-state index in [4.69, 9.17) is 4.74 Å². The molecule has 0 saturated carbocycles. The summed E-state index contributed by atoms with van der Waals surface area (Å²) >= 11 is 1.56. The minimum absolute atomic E-state index is 0.518. The highest BCUT2D eigenvalue weighted by Gasteiger charge is 2.05. The third kappa shape index (κ3) is 2.88. The molecule has 0 bridgehead atoms. The van der Waals surface area contributed by atoms with Crippen molar-refractivity contribution in [2.45, 2.75) is 12.8 Å². The van der Waals surface area contributed by atoms with Crippen LogP contribution in [0.4, 0.5) is 0 Å². The summed E-state index contributed by atoms with van der Waals surface area (Å²) in [4.78, 5) is 18.9. The van der Waals surface area contributed by atoms with Crippen molar-refractivity contribution in [1.82, 2.24) is 9.97 Å². The number of nitrogens with zero attached hydrogens (tertiary/aromatic N) is 2. The van der Waals surface area contributed by atoms with Crippen molar-refractivity contribution >= 4 is 17.6 Å². The molecule has 2 heterocycles. The van der Waals surface area contributed by atoms with Crippen molar-refractivity contribution in [2.75, 3.05) is 7.11 Å². The van der Waals surface area contributed by atoms with E-state index in [1.165, 1.54) is 0 Å². The van der Waals surface area contributed by atoms with Gasteiger partial charge in [-0.1, -0.05) is 0 Å². The first kappa shape index (κ1) is 11.7. The molecule has 2 rings (SSSR count). The molecule has 4 nitrogen and oxygen atoms in total. The van der Waals surface area contributed by atoms with Crippen molar-refractivity contribution in [3.05, 3.63) is 29.4 Å². The molecule has 0 amide bonds. The molecule has 0 aliphatic carbocycles. The molecule has 2 aromatic rings. The van der Waals surface area contributed by atoms with Gasteiger partial charge in [-0.2, -0.15) is 0 Å². The highest BCUT2D eigenvalue weighted by Crippen LogP contribution is 2.24. The van der Waals surface area contributed by atoms with Crippen LogP contribution in [0.3, 0.4) is 0 Å². The Hall–Kier alpha value is -1.75. The maximum atomic E-state index is 10.3. The van der Waals surface area contributed by atoms with Crippen molar-refractivity contribution in [3.8, 4) is 16.5 Å². The van der Waals surface area contributed by atoms with Crippen LogP contribution in [0.25, 0.3) is 10.6 Å². The molecule has 88 valence electrons. The van der Waals surface area contributed by atoms with E-state index in [0.717, 1.165) is 22.6 Å². The van der Waals surface area contributed by atoms with E-state index >= 15 is 0 Å². The normalized spacial score (nSPS) is 10.2. The van der Waals surface area contributed by atoms with Crippen molar-refractivity contribution in [1.29, 1.82) is 0 Å². The minimum atomic E-state index is 0.518. The smallest absolute Gasteiger partial charge is 0.212 e. The molecule has 0 aliphatic rings. The standard InChI is InChI=1S/C12H12N2O2S/c1-16-11-5-4-9(7-13-11)12-14-10(8-17-12)3-2-6-15/h4-8H,2-3H2,1H3. The number of aromatic nitrogens is 2. The van der Waals surface area contributed by atoms with E-state index in [2.05, 4.69) is 9.97 Å². The van der Waals surface area contributed by atoms with Crippen LogP contribution in [-0.2, 0) is 11.2 Å². The maximum Gasteiger partial charge on any atom is 0.212 e. The number of carbonyl (C=O) groups excluding carboxylic acids is 1. The molecule has 2 aromatic heterocycles. The number of pyridine rings is 1. The Bertz CT molecular complexity index is 493. The molecule has 5 heteroatoms.